The number of rotatable bonds is 3. The third kappa shape index (κ3) is 3.90. The Morgan fingerprint density at radius 1 is 1.00 bits per heavy atom. The lowest BCUT2D eigenvalue weighted by molar-refractivity contribution is -0.137. The van der Waals surface area contributed by atoms with Gasteiger partial charge < -0.3 is 5.73 Å². The first-order valence-corrected chi connectivity index (χ1v) is 10.4. The molecule has 2 aromatic carbocycles. The Kier molecular flexibility index (Phi) is 5.26. The van der Waals surface area contributed by atoms with Crippen molar-refractivity contribution >= 4 is 55.6 Å². The van der Waals surface area contributed by atoms with Crippen LogP contribution >= 0.6 is 22.9 Å². The predicted octanol–water partition coefficient (Wildman–Crippen LogP) is 6.74. The summed E-state index contributed by atoms with van der Waals surface area (Å²) in [6.07, 6.45) is -4.55. The number of anilines is 4. The third-order valence-corrected chi connectivity index (χ3v) is 6.00. The highest BCUT2D eigenvalue weighted by Crippen LogP contribution is 2.44. The van der Waals surface area contributed by atoms with Gasteiger partial charge in [-0.05, 0) is 50.1 Å². The molecule has 0 saturated heterocycles. The maximum atomic E-state index is 13.2. The fourth-order valence-corrected chi connectivity index (χ4v) is 4.71. The number of alkyl halides is 3. The van der Waals surface area contributed by atoms with E-state index in [9.17, 15) is 13.2 Å². The lowest BCUT2D eigenvalue weighted by Crippen LogP contribution is -2.14. The molecule has 0 atom stereocenters. The fourth-order valence-electron chi connectivity index (χ4n) is 3.41. The van der Waals surface area contributed by atoms with Gasteiger partial charge in [-0.25, -0.2) is 15.0 Å². The first kappa shape index (κ1) is 21.3. The van der Waals surface area contributed by atoms with Crippen molar-refractivity contribution in [1.82, 2.24) is 15.0 Å². The van der Waals surface area contributed by atoms with E-state index in [1.54, 1.807) is 11.8 Å². The Balaban J connectivity index is 1.98. The summed E-state index contributed by atoms with van der Waals surface area (Å²) in [4.78, 5) is 15.5. The van der Waals surface area contributed by atoms with Crippen LogP contribution in [-0.4, -0.2) is 15.0 Å². The number of nitrogen functional groups attached to an aromatic ring is 1. The minimum Gasteiger partial charge on any atom is -0.382 e. The molecule has 5 nitrogen and oxygen atoms in total. The van der Waals surface area contributed by atoms with E-state index in [-0.39, 0.29) is 5.82 Å². The molecule has 0 bridgehead atoms. The fraction of sp³-hybridized carbons (Fsp3) is 0.190. The summed E-state index contributed by atoms with van der Waals surface area (Å²) in [5.41, 5.74) is 8.66. The van der Waals surface area contributed by atoms with Crippen LogP contribution in [0.5, 0.6) is 0 Å². The number of para-hydroxylation sites is 1. The molecule has 2 aromatic heterocycles. The topological polar surface area (TPSA) is 67.9 Å². The van der Waals surface area contributed by atoms with E-state index >= 15 is 0 Å². The van der Waals surface area contributed by atoms with Crippen molar-refractivity contribution in [3.63, 3.8) is 0 Å². The quantitative estimate of drug-likeness (QED) is 0.364. The Morgan fingerprint density at radius 2 is 1.68 bits per heavy atom. The molecule has 0 amide bonds. The van der Waals surface area contributed by atoms with Crippen molar-refractivity contribution in [2.45, 2.75) is 26.9 Å². The largest absolute Gasteiger partial charge is 0.417 e. The third-order valence-electron chi connectivity index (χ3n) is 4.76. The molecular formula is C21H17ClF3N5S. The Hall–Kier alpha value is -2.91. The van der Waals surface area contributed by atoms with Crippen molar-refractivity contribution in [3.05, 3.63) is 63.9 Å². The number of hydrogen-bond acceptors (Lipinski definition) is 6. The molecule has 160 valence electrons. The van der Waals surface area contributed by atoms with Gasteiger partial charge in [0.2, 0.25) is 0 Å². The van der Waals surface area contributed by atoms with E-state index < -0.39 is 16.8 Å². The van der Waals surface area contributed by atoms with Gasteiger partial charge in [0, 0.05) is 5.69 Å². The second kappa shape index (κ2) is 7.65. The van der Waals surface area contributed by atoms with E-state index in [0.717, 1.165) is 22.9 Å². The number of thiazole rings is 1. The average molecular weight is 464 g/mol. The zero-order valence-electron chi connectivity index (χ0n) is 16.8. The molecule has 0 aliphatic rings. The minimum atomic E-state index is -4.55. The first-order valence-electron chi connectivity index (χ1n) is 9.20. The Morgan fingerprint density at radius 3 is 2.29 bits per heavy atom. The number of aromatic nitrogens is 3. The lowest BCUT2D eigenvalue weighted by Gasteiger charge is -2.26. The summed E-state index contributed by atoms with van der Waals surface area (Å²) in [6, 6.07) is 9.41. The number of aryl methyl sites for hydroxylation is 3. The van der Waals surface area contributed by atoms with Crippen LogP contribution in [0.4, 0.5) is 35.5 Å². The van der Waals surface area contributed by atoms with Gasteiger partial charge in [-0.1, -0.05) is 41.1 Å². The average Bonchev–Trinajstić information content (AvgIpc) is 3.07. The van der Waals surface area contributed by atoms with Gasteiger partial charge in [0.05, 0.1) is 16.3 Å². The van der Waals surface area contributed by atoms with Crippen molar-refractivity contribution in [1.29, 1.82) is 0 Å². The van der Waals surface area contributed by atoms with E-state index in [1.807, 2.05) is 32.0 Å². The molecule has 31 heavy (non-hydrogen) atoms. The van der Waals surface area contributed by atoms with Crippen LogP contribution in [0, 0.1) is 20.8 Å². The number of fused-ring (bicyclic) bond motifs is 1. The summed E-state index contributed by atoms with van der Waals surface area (Å²) >= 11 is 7.31. The maximum absolute atomic E-state index is 13.2. The molecule has 0 radical (unpaired) electrons. The normalized spacial score (nSPS) is 11.8. The van der Waals surface area contributed by atoms with E-state index in [2.05, 4.69) is 15.0 Å². The standard InChI is InChI=1S/C21H17ClF3N5S/c1-10-5-4-6-11(2)17(10)30(13-7-8-14(15(22)9-13)21(23,24)25)20-29-16-18(26)27-12(3)28-19(16)31-20/h4-9H,1-3H3,(H2,26,27,28). The van der Waals surface area contributed by atoms with Crippen LogP contribution < -0.4 is 10.6 Å². The molecule has 0 spiro atoms. The molecule has 0 unspecified atom stereocenters. The number of hydrogen-bond donors (Lipinski definition) is 1. The number of nitrogens with two attached hydrogens (primary N) is 1. The van der Waals surface area contributed by atoms with Crippen LogP contribution in [0.15, 0.2) is 36.4 Å². The highest BCUT2D eigenvalue weighted by atomic mass is 35.5. The van der Waals surface area contributed by atoms with Crippen LogP contribution in [0.3, 0.4) is 0 Å². The van der Waals surface area contributed by atoms with Crippen molar-refractivity contribution in [2.24, 2.45) is 0 Å². The zero-order chi connectivity index (χ0) is 22.5. The van der Waals surface area contributed by atoms with E-state index in [0.29, 0.717) is 27.0 Å². The number of nitrogens with zero attached hydrogens (tertiary/aromatic N) is 4. The van der Waals surface area contributed by atoms with Gasteiger partial charge in [-0.15, -0.1) is 0 Å². The summed E-state index contributed by atoms with van der Waals surface area (Å²) in [5.74, 6) is 0.758. The second-order valence-electron chi connectivity index (χ2n) is 7.04. The van der Waals surface area contributed by atoms with Crippen LogP contribution in [-0.2, 0) is 6.18 Å². The van der Waals surface area contributed by atoms with Gasteiger partial charge in [0.15, 0.2) is 15.8 Å². The summed E-state index contributed by atoms with van der Waals surface area (Å²) < 4.78 is 39.7. The van der Waals surface area contributed by atoms with Gasteiger partial charge in [0.1, 0.15) is 11.3 Å². The van der Waals surface area contributed by atoms with Crippen LogP contribution in [0.25, 0.3) is 10.3 Å². The minimum absolute atomic E-state index is 0.247. The maximum Gasteiger partial charge on any atom is 0.417 e. The smallest absolute Gasteiger partial charge is 0.382 e. The Labute approximate surface area is 185 Å². The Bertz CT molecular complexity index is 1280. The monoisotopic (exact) mass is 463 g/mol. The highest BCUT2D eigenvalue weighted by Gasteiger charge is 2.34. The van der Waals surface area contributed by atoms with Gasteiger partial charge in [-0.2, -0.15) is 13.2 Å². The lowest BCUT2D eigenvalue weighted by atomic mass is 10.1. The summed E-state index contributed by atoms with van der Waals surface area (Å²) in [5, 5.41) is 0.104. The van der Waals surface area contributed by atoms with Gasteiger partial charge in [-0.3, -0.25) is 4.90 Å². The molecule has 10 heteroatoms. The zero-order valence-corrected chi connectivity index (χ0v) is 18.3. The van der Waals surface area contributed by atoms with Gasteiger partial charge >= 0.3 is 6.18 Å². The molecule has 0 fully saturated rings. The molecule has 2 N–H and O–H groups in total. The second-order valence-corrected chi connectivity index (χ2v) is 8.41. The van der Waals surface area contributed by atoms with E-state index in [1.165, 1.54) is 23.5 Å². The van der Waals surface area contributed by atoms with Gasteiger partial charge in [0.25, 0.3) is 0 Å². The molecule has 0 aliphatic heterocycles. The van der Waals surface area contributed by atoms with Crippen LogP contribution in [0.1, 0.15) is 22.5 Å². The number of halogens is 4. The molecule has 0 aliphatic carbocycles. The first-order chi connectivity index (χ1) is 14.6. The molecule has 0 saturated carbocycles. The van der Waals surface area contributed by atoms with Crippen molar-refractivity contribution < 1.29 is 13.2 Å². The molecule has 2 heterocycles. The number of benzene rings is 2. The van der Waals surface area contributed by atoms with E-state index in [4.69, 9.17) is 17.3 Å². The van der Waals surface area contributed by atoms with Crippen LogP contribution in [0.2, 0.25) is 5.02 Å². The summed E-state index contributed by atoms with van der Waals surface area (Å²) in [7, 11) is 0. The SMILES string of the molecule is Cc1nc(N)c2nc(N(c3ccc(C(F)(F)F)c(Cl)c3)c3c(C)cccc3C)sc2n1. The molecule has 4 rings (SSSR count). The van der Waals surface area contributed by atoms with Crippen molar-refractivity contribution in [3.8, 4) is 0 Å². The van der Waals surface area contributed by atoms with Crippen molar-refractivity contribution in [2.75, 3.05) is 10.6 Å². The predicted molar refractivity (Wildman–Crippen MR) is 119 cm³/mol. The summed E-state index contributed by atoms with van der Waals surface area (Å²) in [6.45, 7) is 5.58. The molecule has 4 aromatic rings. The highest BCUT2D eigenvalue weighted by molar-refractivity contribution is 7.22. The molecular weight excluding hydrogens is 447 g/mol.